The lowest BCUT2D eigenvalue weighted by molar-refractivity contribution is -0.384. The van der Waals surface area contributed by atoms with Gasteiger partial charge in [0.2, 0.25) is 0 Å². The van der Waals surface area contributed by atoms with E-state index in [9.17, 15) is 14.9 Å². The van der Waals surface area contributed by atoms with Gasteiger partial charge in [-0.15, -0.1) is 21.5 Å². The molecule has 8 nitrogen and oxygen atoms in total. The Morgan fingerprint density at radius 1 is 1.16 bits per heavy atom. The number of aromatic nitrogens is 3. The molecule has 0 aliphatic carbocycles. The summed E-state index contributed by atoms with van der Waals surface area (Å²) in [6, 6.07) is 17.1. The average molecular weight is 453 g/mol. The molecule has 0 aliphatic rings. The molecule has 2 aromatic heterocycles. The number of nitrogens with zero attached hydrogens (tertiary/aromatic N) is 4. The van der Waals surface area contributed by atoms with Crippen LogP contribution in [0.2, 0.25) is 0 Å². The number of thioether (sulfide) groups is 1. The van der Waals surface area contributed by atoms with Gasteiger partial charge in [0.05, 0.1) is 28.4 Å². The maximum Gasteiger partial charge on any atom is 0.270 e. The molecule has 156 valence electrons. The number of non-ortho nitro benzene ring substituents is 1. The van der Waals surface area contributed by atoms with E-state index >= 15 is 0 Å². The normalized spacial score (nSPS) is 10.7. The van der Waals surface area contributed by atoms with E-state index in [2.05, 4.69) is 10.2 Å². The monoisotopic (exact) mass is 452 g/mol. The first-order chi connectivity index (χ1) is 15.1. The molecule has 4 rings (SSSR count). The number of carbonyl (C=O) groups is 1. The van der Waals surface area contributed by atoms with Gasteiger partial charge in [0.1, 0.15) is 5.75 Å². The second-order valence-electron chi connectivity index (χ2n) is 6.31. The average Bonchev–Trinajstić information content (AvgIpc) is 3.47. The molecule has 0 radical (unpaired) electrons. The van der Waals surface area contributed by atoms with Crippen molar-refractivity contribution in [3.63, 3.8) is 0 Å². The maximum absolute atomic E-state index is 12.7. The molecule has 0 saturated heterocycles. The number of hydrogen-bond donors (Lipinski definition) is 0. The summed E-state index contributed by atoms with van der Waals surface area (Å²) in [7, 11) is 1.59. The minimum Gasteiger partial charge on any atom is -0.495 e. The van der Waals surface area contributed by atoms with Gasteiger partial charge in [0.25, 0.3) is 5.69 Å². The number of hydrogen-bond acceptors (Lipinski definition) is 8. The molecule has 2 aromatic carbocycles. The zero-order chi connectivity index (χ0) is 21.8. The number of benzene rings is 2. The quantitative estimate of drug-likeness (QED) is 0.162. The number of ether oxygens (including phenoxy) is 1. The van der Waals surface area contributed by atoms with Crippen LogP contribution in [-0.4, -0.2) is 38.3 Å². The first kappa shape index (κ1) is 20.8. The van der Waals surface area contributed by atoms with Crippen LogP contribution in [0.15, 0.2) is 71.2 Å². The van der Waals surface area contributed by atoms with Gasteiger partial charge in [-0.1, -0.05) is 42.1 Å². The summed E-state index contributed by atoms with van der Waals surface area (Å²) in [6.45, 7) is 0. The molecule has 0 aliphatic heterocycles. The predicted molar refractivity (Wildman–Crippen MR) is 119 cm³/mol. The smallest absolute Gasteiger partial charge is 0.270 e. The fraction of sp³-hybridized carbons (Fsp3) is 0.0952. The Morgan fingerprint density at radius 3 is 2.74 bits per heavy atom. The lowest BCUT2D eigenvalue weighted by atomic mass is 10.1. The van der Waals surface area contributed by atoms with Crippen molar-refractivity contribution in [3.05, 3.63) is 81.7 Å². The van der Waals surface area contributed by atoms with Gasteiger partial charge in [-0.2, -0.15) is 0 Å². The molecular weight excluding hydrogens is 436 g/mol. The highest BCUT2D eigenvalue weighted by Gasteiger charge is 2.21. The number of methoxy groups -OCH3 is 1. The van der Waals surface area contributed by atoms with Crippen LogP contribution in [0.3, 0.4) is 0 Å². The van der Waals surface area contributed by atoms with E-state index in [1.54, 1.807) is 13.2 Å². The summed E-state index contributed by atoms with van der Waals surface area (Å²) in [5, 5.41) is 22.1. The van der Waals surface area contributed by atoms with Crippen molar-refractivity contribution in [1.82, 2.24) is 14.8 Å². The van der Waals surface area contributed by atoms with Gasteiger partial charge in [-0.3, -0.25) is 19.5 Å². The van der Waals surface area contributed by atoms with E-state index in [4.69, 9.17) is 4.74 Å². The number of para-hydroxylation sites is 2. The van der Waals surface area contributed by atoms with E-state index in [1.165, 1.54) is 41.3 Å². The van der Waals surface area contributed by atoms with Crippen LogP contribution in [-0.2, 0) is 0 Å². The van der Waals surface area contributed by atoms with E-state index < -0.39 is 4.92 Å². The van der Waals surface area contributed by atoms with Crippen molar-refractivity contribution in [3.8, 4) is 22.1 Å². The van der Waals surface area contributed by atoms with Crippen molar-refractivity contribution in [2.45, 2.75) is 5.16 Å². The highest BCUT2D eigenvalue weighted by molar-refractivity contribution is 7.99. The first-order valence-corrected chi connectivity index (χ1v) is 11.0. The maximum atomic E-state index is 12.7. The molecule has 2 heterocycles. The highest BCUT2D eigenvalue weighted by atomic mass is 32.2. The topological polar surface area (TPSA) is 100 Å². The largest absolute Gasteiger partial charge is 0.495 e. The zero-order valence-electron chi connectivity index (χ0n) is 16.3. The van der Waals surface area contributed by atoms with E-state index in [0.717, 1.165) is 10.6 Å². The molecular formula is C21H16N4O4S2. The Balaban J connectivity index is 1.67. The minimum atomic E-state index is -0.518. The van der Waals surface area contributed by atoms with Crippen molar-refractivity contribution in [2.75, 3.05) is 12.9 Å². The summed E-state index contributed by atoms with van der Waals surface area (Å²) in [5.74, 6) is 1.11. The second kappa shape index (κ2) is 9.11. The standard InChI is InChI=1S/C21H16N4O4S2/c1-29-18-9-3-2-8-16(18)24-20(19-10-5-11-30-19)22-23-21(24)31-13-17(26)14-6-4-7-15(12-14)25(27)28/h2-12H,13H2,1H3. The van der Waals surface area contributed by atoms with Crippen molar-refractivity contribution in [1.29, 1.82) is 0 Å². The van der Waals surface area contributed by atoms with Crippen LogP contribution in [0.5, 0.6) is 5.75 Å². The molecule has 10 heteroatoms. The number of carbonyl (C=O) groups excluding carboxylic acids is 1. The first-order valence-electron chi connectivity index (χ1n) is 9.11. The van der Waals surface area contributed by atoms with Crippen LogP contribution < -0.4 is 4.74 Å². The summed E-state index contributed by atoms with van der Waals surface area (Å²) < 4.78 is 7.37. The third-order valence-corrected chi connectivity index (χ3v) is 6.21. The SMILES string of the molecule is COc1ccccc1-n1c(SCC(=O)c2cccc([N+](=O)[O-])c2)nnc1-c1cccs1. The van der Waals surface area contributed by atoms with Gasteiger partial charge in [0.15, 0.2) is 16.8 Å². The van der Waals surface area contributed by atoms with Gasteiger partial charge in [-0.05, 0) is 23.6 Å². The number of Topliss-reactive ketones (excluding diaryl/α,β-unsaturated/α-hetero) is 1. The molecule has 0 bridgehead atoms. The third kappa shape index (κ3) is 4.35. The Labute approximate surface area is 185 Å². The number of thiophene rings is 1. The number of ketones is 1. The number of nitro benzene ring substituents is 1. The fourth-order valence-electron chi connectivity index (χ4n) is 2.97. The van der Waals surface area contributed by atoms with Crippen molar-refractivity contribution in [2.24, 2.45) is 0 Å². The van der Waals surface area contributed by atoms with Crippen LogP contribution in [0.1, 0.15) is 10.4 Å². The Hall–Kier alpha value is -3.50. The van der Waals surface area contributed by atoms with Crippen LogP contribution >= 0.6 is 23.1 Å². The molecule has 0 fully saturated rings. The van der Waals surface area contributed by atoms with Crippen LogP contribution in [0.4, 0.5) is 5.69 Å². The molecule has 0 amide bonds. The molecule has 0 saturated carbocycles. The fourth-order valence-corrected chi connectivity index (χ4v) is 4.50. The minimum absolute atomic E-state index is 0.0545. The van der Waals surface area contributed by atoms with Gasteiger partial charge < -0.3 is 4.74 Å². The summed E-state index contributed by atoms with van der Waals surface area (Å²) in [4.78, 5) is 24.1. The lowest BCUT2D eigenvalue weighted by Crippen LogP contribution is -2.06. The van der Waals surface area contributed by atoms with E-state index in [-0.39, 0.29) is 22.8 Å². The second-order valence-corrected chi connectivity index (χ2v) is 8.20. The molecule has 0 atom stereocenters. The molecule has 4 aromatic rings. The Bertz CT molecular complexity index is 1240. The Morgan fingerprint density at radius 2 is 2.00 bits per heavy atom. The van der Waals surface area contributed by atoms with E-state index in [1.807, 2.05) is 46.3 Å². The number of rotatable bonds is 8. The molecule has 31 heavy (non-hydrogen) atoms. The molecule has 0 spiro atoms. The van der Waals surface area contributed by atoms with Gasteiger partial charge >= 0.3 is 0 Å². The van der Waals surface area contributed by atoms with Crippen LogP contribution in [0.25, 0.3) is 16.4 Å². The molecule has 0 unspecified atom stereocenters. The summed E-state index contributed by atoms with van der Waals surface area (Å²) >= 11 is 2.75. The Kier molecular flexibility index (Phi) is 6.10. The summed E-state index contributed by atoms with van der Waals surface area (Å²) in [6.07, 6.45) is 0. The van der Waals surface area contributed by atoms with Gasteiger partial charge in [0, 0.05) is 17.7 Å². The predicted octanol–water partition coefficient (Wildman–Crippen LogP) is 4.89. The third-order valence-electron chi connectivity index (χ3n) is 4.41. The number of nitro groups is 1. The van der Waals surface area contributed by atoms with Crippen molar-refractivity contribution < 1.29 is 14.5 Å². The van der Waals surface area contributed by atoms with E-state index in [0.29, 0.717) is 16.7 Å². The molecule has 0 N–H and O–H groups in total. The van der Waals surface area contributed by atoms with Crippen LogP contribution in [0, 0.1) is 10.1 Å². The summed E-state index contributed by atoms with van der Waals surface area (Å²) in [5.41, 5.74) is 0.917. The lowest BCUT2D eigenvalue weighted by Gasteiger charge is -2.13. The highest BCUT2D eigenvalue weighted by Crippen LogP contribution is 2.34. The zero-order valence-corrected chi connectivity index (χ0v) is 17.9. The van der Waals surface area contributed by atoms with Gasteiger partial charge in [-0.25, -0.2) is 0 Å². The van der Waals surface area contributed by atoms with Crippen molar-refractivity contribution >= 4 is 34.6 Å².